The predicted octanol–water partition coefficient (Wildman–Crippen LogP) is 2.90. The summed E-state index contributed by atoms with van der Waals surface area (Å²) < 4.78 is 18.4. The Bertz CT molecular complexity index is 1310. The van der Waals surface area contributed by atoms with Crippen molar-refractivity contribution >= 4 is 17.6 Å². The van der Waals surface area contributed by atoms with Gasteiger partial charge in [-0.2, -0.15) is 0 Å². The number of carbonyl (C=O) groups excluding carboxylic acids is 1. The maximum absolute atomic E-state index is 13.2. The third kappa shape index (κ3) is 5.24. The molecule has 2 heterocycles. The van der Waals surface area contributed by atoms with Crippen molar-refractivity contribution in [3.8, 4) is 5.75 Å². The van der Waals surface area contributed by atoms with Crippen LogP contribution in [0.4, 0.5) is 4.39 Å². The number of aromatic hydroxyl groups is 1. The van der Waals surface area contributed by atoms with E-state index in [-0.39, 0.29) is 23.7 Å². The Morgan fingerprint density at radius 2 is 1.94 bits per heavy atom. The number of H-pyrrole nitrogens is 1. The molecule has 3 rings (SSSR count). The first kappa shape index (κ1) is 22.8. The molecule has 0 spiro atoms. The Labute approximate surface area is 184 Å². The van der Waals surface area contributed by atoms with Crippen molar-refractivity contribution in [2.75, 3.05) is 0 Å². The van der Waals surface area contributed by atoms with Crippen molar-refractivity contribution < 1.29 is 18.7 Å². The minimum absolute atomic E-state index is 0.0864. The van der Waals surface area contributed by atoms with Crippen molar-refractivity contribution in [1.29, 1.82) is 0 Å². The lowest BCUT2D eigenvalue weighted by atomic mass is 10.0. The number of carbonyl (C=O) groups is 1. The zero-order valence-corrected chi connectivity index (χ0v) is 18.2. The van der Waals surface area contributed by atoms with Crippen LogP contribution >= 0.6 is 0 Å². The fraction of sp³-hybridized carbons (Fsp3) is 0.200. The normalized spacial score (nSPS) is 12.1. The monoisotopic (exact) mass is 436 g/mol. The van der Waals surface area contributed by atoms with Gasteiger partial charge in [0.05, 0.1) is 18.2 Å². The highest BCUT2D eigenvalue weighted by atomic mass is 19.1. The second-order valence-electron chi connectivity index (χ2n) is 7.54. The fourth-order valence-corrected chi connectivity index (χ4v) is 3.36. The van der Waals surface area contributed by atoms with E-state index in [0.29, 0.717) is 22.7 Å². The molecular formula is C25H25FN2O4. The number of hydrogen-bond donors (Lipinski definition) is 3. The van der Waals surface area contributed by atoms with Gasteiger partial charge in [0.25, 0.3) is 11.5 Å². The minimum atomic E-state index is -0.702. The van der Waals surface area contributed by atoms with Crippen molar-refractivity contribution in [3.63, 3.8) is 0 Å². The number of pyridine rings is 1. The summed E-state index contributed by atoms with van der Waals surface area (Å²) >= 11 is 0. The lowest BCUT2D eigenvalue weighted by Gasteiger charge is -2.08. The second kappa shape index (κ2) is 9.96. The smallest absolute Gasteiger partial charge is 0.265 e. The molecule has 6 nitrogen and oxygen atoms in total. The summed E-state index contributed by atoms with van der Waals surface area (Å²) in [4.78, 5) is 28.1. The quantitative estimate of drug-likeness (QED) is 0.554. The number of allylic oxidation sites excluding steroid dienone is 2. The van der Waals surface area contributed by atoms with Crippen LogP contribution in [0.2, 0.25) is 0 Å². The Morgan fingerprint density at radius 3 is 2.53 bits per heavy atom. The number of rotatable bonds is 6. The highest BCUT2D eigenvalue weighted by Crippen LogP contribution is 2.11. The number of benzene rings is 1. The van der Waals surface area contributed by atoms with E-state index in [1.165, 1.54) is 18.4 Å². The maximum atomic E-state index is 13.2. The molecule has 32 heavy (non-hydrogen) atoms. The third-order valence-electron chi connectivity index (χ3n) is 4.97. The molecule has 0 fully saturated rings. The largest absolute Gasteiger partial charge is 0.506 e. The Hall–Kier alpha value is -3.87. The van der Waals surface area contributed by atoms with E-state index in [4.69, 9.17) is 4.42 Å². The van der Waals surface area contributed by atoms with Gasteiger partial charge < -0.3 is 19.8 Å². The summed E-state index contributed by atoms with van der Waals surface area (Å²) in [6.07, 6.45) is 5.61. The topological polar surface area (TPSA) is 95.3 Å². The number of furan rings is 1. The van der Waals surface area contributed by atoms with Crippen LogP contribution in [0.3, 0.4) is 0 Å². The van der Waals surface area contributed by atoms with Gasteiger partial charge in [-0.25, -0.2) is 4.39 Å². The number of nitrogens with one attached hydrogen (secondary N) is 2. The first-order valence-electron chi connectivity index (χ1n) is 10.1. The van der Waals surface area contributed by atoms with E-state index in [2.05, 4.69) is 10.3 Å². The molecule has 0 saturated heterocycles. The third-order valence-corrected chi connectivity index (χ3v) is 4.97. The Morgan fingerprint density at radius 1 is 1.22 bits per heavy atom. The van der Waals surface area contributed by atoms with Gasteiger partial charge in [0.2, 0.25) is 0 Å². The SMILES string of the molecule is C/C=C(\C=c1\[nH]c(=O)c(C(=O)NCc2ccco2)c(O)c1=C(C)C)Cc1ccc(F)cc1. The first-order valence-corrected chi connectivity index (χ1v) is 10.1. The van der Waals surface area contributed by atoms with Crippen LogP contribution in [0.25, 0.3) is 11.6 Å². The van der Waals surface area contributed by atoms with Crippen LogP contribution in [0.1, 0.15) is 42.5 Å². The number of amides is 1. The molecule has 1 amide bonds. The molecule has 0 aliphatic heterocycles. The highest BCUT2D eigenvalue weighted by molar-refractivity contribution is 5.96. The summed E-state index contributed by atoms with van der Waals surface area (Å²) in [6.45, 7) is 5.50. The maximum Gasteiger partial charge on any atom is 0.265 e. The molecule has 0 aliphatic carbocycles. The molecule has 0 radical (unpaired) electrons. The van der Waals surface area contributed by atoms with Gasteiger partial charge in [0.15, 0.2) is 0 Å². The molecule has 7 heteroatoms. The zero-order chi connectivity index (χ0) is 23.3. The lowest BCUT2D eigenvalue weighted by molar-refractivity contribution is 0.0943. The summed E-state index contributed by atoms with van der Waals surface area (Å²) in [5, 5.41) is 14.2. The average Bonchev–Trinajstić information content (AvgIpc) is 3.26. The molecule has 166 valence electrons. The van der Waals surface area contributed by atoms with Gasteiger partial charge >= 0.3 is 0 Å². The summed E-state index contributed by atoms with van der Waals surface area (Å²) in [5.41, 5.74) is 1.42. The van der Waals surface area contributed by atoms with Crippen LogP contribution in [0.15, 0.2) is 63.5 Å². The molecule has 1 aromatic carbocycles. The van der Waals surface area contributed by atoms with Crippen LogP contribution in [-0.2, 0) is 13.0 Å². The van der Waals surface area contributed by atoms with E-state index in [9.17, 15) is 19.1 Å². The van der Waals surface area contributed by atoms with Crippen LogP contribution in [0, 0.1) is 5.82 Å². The van der Waals surface area contributed by atoms with Crippen molar-refractivity contribution in [2.45, 2.75) is 33.7 Å². The summed E-state index contributed by atoms with van der Waals surface area (Å²) in [5.74, 6) is -0.870. The number of aromatic amines is 1. The van der Waals surface area contributed by atoms with E-state index >= 15 is 0 Å². The number of aromatic nitrogens is 1. The zero-order valence-electron chi connectivity index (χ0n) is 18.2. The molecule has 0 aliphatic rings. The van der Waals surface area contributed by atoms with Gasteiger partial charge in [-0.1, -0.05) is 23.8 Å². The lowest BCUT2D eigenvalue weighted by Crippen LogP contribution is -2.41. The Balaban J connectivity index is 2.01. The van der Waals surface area contributed by atoms with Gasteiger partial charge in [0, 0.05) is 5.22 Å². The number of halogens is 1. The predicted molar refractivity (Wildman–Crippen MR) is 121 cm³/mol. The fourth-order valence-electron chi connectivity index (χ4n) is 3.36. The van der Waals surface area contributed by atoms with Crippen molar-refractivity contribution in [3.05, 3.63) is 97.9 Å². The van der Waals surface area contributed by atoms with E-state index < -0.39 is 11.5 Å². The van der Waals surface area contributed by atoms with Crippen LogP contribution in [-0.4, -0.2) is 16.0 Å². The van der Waals surface area contributed by atoms with Gasteiger partial charge in [-0.3, -0.25) is 9.59 Å². The molecule has 0 saturated carbocycles. The average molecular weight is 436 g/mol. The summed E-state index contributed by atoms with van der Waals surface area (Å²) in [7, 11) is 0. The molecule has 2 aromatic heterocycles. The van der Waals surface area contributed by atoms with E-state index in [1.54, 1.807) is 44.2 Å². The molecule has 0 unspecified atom stereocenters. The van der Waals surface area contributed by atoms with E-state index in [0.717, 1.165) is 16.7 Å². The highest BCUT2D eigenvalue weighted by Gasteiger charge is 2.18. The van der Waals surface area contributed by atoms with Crippen molar-refractivity contribution in [2.24, 2.45) is 0 Å². The standard InChI is InChI=1S/C25H25FN2O4/c1-4-16(12-17-7-9-18(26)10-8-17)13-20-21(15(2)3)23(29)22(25(31)28-20)24(30)27-14-19-6-5-11-32-19/h4-11,13,29H,12,14H2,1-3H3,(H,27,30)(H,28,31)/b16-4-,20-13+. The van der Waals surface area contributed by atoms with Gasteiger partial charge in [-0.15, -0.1) is 0 Å². The summed E-state index contributed by atoms with van der Waals surface area (Å²) in [6, 6.07) is 9.55. The van der Waals surface area contributed by atoms with E-state index in [1.807, 2.05) is 13.0 Å². The molecule has 0 atom stereocenters. The minimum Gasteiger partial charge on any atom is -0.506 e. The van der Waals surface area contributed by atoms with Gasteiger partial charge in [0.1, 0.15) is 22.9 Å². The van der Waals surface area contributed by atoms with Gasteiger partial charge in [-0.05, 0) is 68.7 Å². The molecule has 3 N–H and O–H groups in total. The Kier molecular flexibility index (Phi) is 7.10. The number of hydrogen-bond acceptors (Lipinski definition) is 4. The molecular weight excluding hydrogens is 411 g/mol. The second-order valence-corrected chi connectivity index (χ2v) is 7.54. The van der Waals surface area contributed by atoms with Crippen molar-refractivity contribution in [1.82, 2.24) is 10.3 Å². The molecule has 0 bridgehead atoms. The first-order chi connectivity index (χ1) is 15.3. The van der Waals surface area contributed by atoms with Crippen LogP contribution < -0.4 is 21.4 Å². The van der Waals surface area contributed by atoms with Crippen LogP contribution in [0.5, 0.6) is 5.75 Å². The molecule has 3 aromatic rings.